The second-order valence-corrected chi connectivity index (χ2v) is 3.63. The first kappa shape index (κ1) is 9.77. The SMILES string of the molecule is CCn1ncc(N)c1-c1ccc(C)cc1. The zero-order valence-electron chi connectivity index (χ0n) is 9.07. The lowest BCUT2D eigenvalue weighted by Gasteiger charge is -2.06. The number of aryl methyl sites for hydroxylation is 2. The van der Waals surface area contributed by atoms with Gasteiger partial charge in [-0.25, -0.2) is 0 Å². The summed E-state index contributed by atoms with van der Waals surface area (Å²) in [7, 11) is 0. The molecule has 0 radical (unpaired) electrons. The summed E-state index contributed by atoms with van der Waals surface area (Å²) in [6.45, 7) is 4.97. The van der Waals surface area contributed by atoms with Gasteiger partial charge in [0.25, 0.3) is 0 Å². The summed E-state index contributed by atoms with van der Waals surface area (Å²) < 4.78 is 1.92. The summed E-state index contributed by atoms with van der Waals surface area (Å²) in [4.78, 5) is 0. The van der Waals surface area contributed by atoms with Crippen molar-refractivity contribution >= 4 is 5.69 Å². The van der Waals surface area contributed by atoms with Crippen LogP contribution >= 0.6 is 0 Å². The molecule has 0 saturated heterocycles. The van der Waals surface area contributed by atoms with E-state index in [1.54, 1.807) is 6.20 Å². The van der Waals surface area contributed by atoms with E-state index in [9.17, 15) is 0 Å². The maximum Gasteiger partial charge on any atom is 0.0911 e. The highest BCUT2D eigenvalue weighted by molar-refractivity contribution is 5.72. The van der Waals surface area contributed by atoms with Crippen LogP contribution < -0.4 is 5.73 Å². The van der Waals surface area contributed by atoms with E-state index in [-0.39, 0.29) is 0 Å². The molecule has 15 heavy (non-hydrogen) atoms. The predicted molar refractivity (Wildman–Crippen MR) is 62.5 cm³/mol. The second-order valence-electron chi connectivity index (χ2n) is 3.63. The Morgan fingerprint density at radius 3 is 2.53 bits per heavy atom. The third kappa shape index (κ3) is 1.73. The average Bonchev–Trinajstić information content (AvgIpc) is 2.61. The van der Waals surface area contributed by atoms with E-state index in [1.807, 2.05) is 4.68 Å². The van der Waals surface area contributed by atoms with Crippen molar-refractivity contribution in [3.63, 3.8) is 0 Å². The Labute approximate surface area is 89.5 Å². The van der Waals surface area contributed by atoms with Gasteiger partial charge in [-0.05, 0) is 13.8 Å². The van der Waals surface area contributed by atoms with E-state index in [0.717, 1.165) is 23.5 Å². The quantitative estimate of drug-likeness (QED) is 0.811. The highest BCUT2D eigenvalue weighted by atomic mass is 15.3. The second kappa shape index (κ2) is 3.77. The van der Waals surface area contributed by atoms with Gasteiger partial charge in [-0.1, -0.05) is 29.8 Å². The first-order chi connectivity index (χ1) is 7.22. The molecule has 0 unspecified atom stereocenters. The minimum absolute atomic E-state index is 0.737. The Morgan fingerprint density at radius 2 is 1.93 bits per heavy atom. The van der Waals surface area contributed by atoms with Crippen LogP contribution in [0.5, 0.6) is 0 Å². The van der Waals surface area contributed by atoms with Gasteiger partial charge in [0, 0.05) is 12.1 Å². The van der Waals surface area contributed by atoms with Crippen molar-refractivity contribution in [3.05, 3.63) is 36.0 Å². The predicted octanol–water partition coefficient (Wildman–Crippen LogP) is 2.46. The molecular weight excluding hydrogens is 186 g/mol. The molecule has 78 valence electrons. The maximum atomic E-state index is 5.90. The van der Waals surface area contributed by atoms with Crippen LogP contribution in [0, 0.1) is 6.92 Å². The lowest BCUT2D eigenvalue weighted by Crippen LogP contribution is -2.00. The summed E-state index contributed by atoms with van der Waals surface area (Å²) in [5.74, 6) is 0. The number of nitrogens with zero attached hydrogens (tertiary/aromatic N) is 2. The third-order valence-corrected chi connectivity index (χ3v) is 2.49. The minimum atomic E-state index is 0.737. The summed E-state index contributed by atoms with van der Waals surface area (Å²) in [6.07, 6.45) is 1.71. The van der Waals surface area contributed by atoms with Crippen molar-refractivity contribution < 1.29 is 0 Å². The molecule has 0 aliphatic heterocycles. The van der Waals surface area contributed by atoms with Crippen LogP contribution in [-0.4, -0.2) is 9.78 Å². The molecule has 0 spiro atoms. The zero-order chi connectivity index (χ0) is 10.8. The summed E-state index contributed by atoms with van der Waals surface area (Å²) in [6, 6.07) is 8.33. The lowest BCUT2D eigenvalue weighted by atomic mass is 10.1. The van der Waals surface area contributed by atoms with Crippen molar-refractivity contribution in [3.8, 4) is 11.3 Å². The molecule has 2 rings (SSSR count). The van der Waals surface area contributed by atoms with Gasteiger partial charge in [0.05, 0.1) is 17.6 Å². The van der Waals surface area contributed by atoms with Gasteiger partial charge in [0.15, 0.2) is 0 Å². The van der Waals surface area contributed by atoms with Crippen LogP contribution in [0.15, 0.2) is 30.5 Å². The Balaban J connectivity index is 2.52. The van der Waals surface area contributed by atoms with Gasteiger partial charge >= 0.3 is 0 Å². The van der Waals surface area contributed by atoms with Crippen molar-refractivity contribution in [2.24, 2.45) is 0 Å². The van der Waals surface area contributed by atoms with Gasteiger partial charge < -0.3 is 5.73 Å². The maximum absolute atomic E-state index is 5.90. The smallest absolute Gasteiger partial charge is 0.0911 e. The van der Waals surface area contributed by atoms with Gasteiger partial charge in [-0.2, -0.15) is 5.10 Å². The van der Waals surface area contributed by atoms with Crippen LogP contribution in [0.25, 0.3) is 11.3 Å². The Bertz CT molecular complexity index is 454. The summed E-state index contributed by atoms with van der Waals surface area (Å²) >= 11 is 0. The van der Waals surface area contributed by atoms with Crippen LogP contribution in [0.1, 0.15) is 12.5 Å². The van der Waals surface area contributed by atoms with Crippen LogP contribution in [0.4, 0.5) is 5.69 Å². The molecule has 1 aromatic heterocycles. The molecule has 0 bridgehead atoms. The highest BCUT2D eigenvalue weighted by Gasteiger charge is 2.08. The standard InChI is InChI=1S/C12H15N3/c1-3-15-12(11(13)8-14-15)10-6-4-9(2)5-7-10/h4-8H,3,13H2,1-2H3. The first-order valence-electron chi connectivity index (χ1n) is 5.10. The van der Waals surface area contributed by atoms with Crippen molar-refractivity contribution in [2.45, 2.75) is 20.4 Å². The molecule has 2 aromatic rings. The normalized spacial score (nSPS) is 10.5. The van der Waals surface area contributed by atoms with E-state index in [1.165, 1.54) is 5.56 Å². The van der Waals surface area contributed by atoms with E-state index in [0.29, 0.717) is 0 Å². The molecule has 3 nitrogen and oxygen atoms in total. The number of nitrogens with two attached hydrogens (primary N) is 1. The van der Waals surface area contributed by atoms with Gasteiger partial charge in [0.1, 0.15) is 0 Å². The topological polar surface area (TPSA) is 43.8 Å². The Hall–Kier alpha value is -1.77. The highest BCUT2D eigenvalue weighted by Crippen LogP contribution is 2.25. The van der Waals surface area contributed by atoms with E-state index < -0.39 is 0 Å². The fourth-order valence-corrected chi connectivity index (χ4v) is 1.67. The molecule has 1 aromatic carbocycles. The van der Waals surface area contributed by atoms with E-state index in [4.69, 9.17) is 5.73 Å². The first-order valence-corrected chi connectivity index (χ1v) is 5.10. The number of hydrogen-bond donors (Lipinski definition) is 1. The minimum Gasteiger partial charge on any atom is -0.396 e. The largest absolute Gasteiger partial charge is 0.396 e. The van der Waals surface area contributed by atoms with E-state index in [2.05, 4.69) is 43.2 Å². The molecule has 0 atom stereocenters. The zero-order valence-corrected chi connectivity index (χ0v) is 9.07. The molecule has 2 N–H and O–H groups in total. The van der Waals surface area contributed by atoms with Gasteiger partial charge in [-0.3, -0.25) is 4.68 Å². The van der Waals surface area contributed by atoms with Crippen LogP contribution in [0.2, 0.25) is 0 Å². The van der Waals surface area contributed by atoms with Crippen molar-refractivity contribution in [2.75, 3.05) is 5.73 Å². The number of benzene rings is 1. The molecule has 0 saturated carbocycles. The molecule has 1 heterocycles. The van der Waals surface area contributed by atoms with Gasteiger partial charge in [-0.15, -0.1) is 0 Å². The van der Waals surface area contributed by atoms with Crippen LogP contribution in [0.3, 0.4) is 0 Å². The molecule has 0 amide bonds. The van der Waals surface area contributed by atoms with Crippen molar-refractivity contribution in [1.29, 1.82) is 0 Å². The summed E-state index contributed by atoms with van der Waals surface area (Å²) in [5.41, 5.74) is 10.0. The monoisotopic (exact) mass is 201 g/mol. The fraction of sp³-hybridized carbons (Fsp3) is 0.250. The number of aromatic nitrogens is 2. The Kier molecular flexibility index (Phi) is 2.46. The molecule has 0 fully saturated rings. The van der Waals surface area contributed by atoms with E-state index >= 15 is 0 Å². The van der Waals surface area contributed by atoms with Crippen LogP contribution in [-0.2, 0) is 6.54 Å². The molecular formula is C12H15N3. The fourth-order valence-electron chi connectivity index (χ4n) is 1.67. The number of nitrogen functional groups attached to an aromatic ring is 1. The molecule has 0 aliphatic carbocycles. The third-order valence-electron chi connectivity index (χ3n) is 2.49. The average molecular weight is 201 g/mol. The Morgan fingerprint density at radius 1 is 1.27 bits per heavy atom. The van der Waals surface area contributed by atoms with Crippen molar-refractivity contribution in [1.82, 2.24) is 9.78 Å². The summed E-state index contributed by atoms with van der Waals surface area (Å²) in [5, 5.41) is 4.22. The number of anilines is 1. The van der Waals surface area contributed by atoms with Gasteiger partial charge in [0.2, 0.25) is 0 Å². The number of rotatable bonds is 2. The lowest BCUT2D eigenvalue weighted by molar-refractivity contribution is 0.667. The molecule has 0 aliphatic rings. The molecule has 3 heteroatoms. The number of hydrogen-bond acceptors (Lipinski definition) is 2.